The third-order valence-corrected chi connectivity index (χ3v) is 6.29. The number of amides is 1. The lowest BCUT2D eigenvalue weighted by Gasteiger charge is -2.27. The van der Waals surface area contributed by atoms with E-state index in [2.05, 4.69) is 24.1 Å². The molecular formula is C29H60N2O4. The molecule has 35 heavy (non-hydrogen) atoms. The maximum Gasteiger partial charge on any atom is 0.407 e. The third kappa shape index (κ3) is 24.6. The smallest absolute Gasteiger partial charge is 0.407 e. The van der Waals surface area contributed by atoms with Gasteiger partial charge in [-0.3, -0.25) is 4.90 Å². The lowest BCUT2D eigenvalue weighted by Crippen LogP contribution is -2.39. The molecule has 0 heterocycles. The van der Waals surface area contributed by atoms with Crippen molar-refractivity contribution in [2.75, 3.05) is 26.2 Å². The Kier molecular flexibility index (Phi) is 21.8. The molecule has 6 heteroatoms. The fraction of sp³-hybridized carbons (Fsp3) is 0.966. The van der Waals surface area contributed by atoms with Crippen molar-refractivity contribution in [2.45, 2.75) is 155 Å². The van der Waals surface area contributed by atoms with Crippen LogP contribution in [-0.2, 0) is 4.74 Å². The third-order valence-electron chi connectivity index (χ3n) is 6.29. The predicted molar refractivity (Wildman–Crippen MR) is 148 cm³/mol. The number of carbonyl (C=O) groups excluding carboxylic acids is 1. The van der Waals surface area contributed by atoms with Gasteiger partial charge in [-0.2, -0.15) is 0 Å². The molecule has 0 aromatic carbocycles. The van der Waals surface area contributed by atoms with Crippen LogP contribution >= 0.6 is 0 Å². The van der Waals surface area contributed by atoms with E-state index in [4.69, 9.17) is 4.74 Å². The average molecular weight is 501 g/mol. The Morgan fingerprint density at radius 1 is 0.743 bits per heavy atom. The molecule has 0 rings (SSSR count). The Labute approximate surface area is 217 Å². The number of hydrogen-bond donors (Lipinski definition) is 3. The second-order valence-electron chi connectivity index (χ2n) is 11.3. The Balaban J connectivity index is 4.36. The molecule has 3 N–H and O–H groups in total. The number of aliphatic hydroxyl groups is 2. The first-order valence-electron chi connectivity index (χ1n) is 14.7. The van der Waals surface area contributed by atoms with Gasteiger partial charge in [0.1, 0.15) is 5.60 Å². The molecule has 0 saturated heterocycles. The van der Waals surface area contributed by atoms with Crippen LogP contribution in [0.1, 0.15) is 137 Å². The number of alkyl carbamates (subject to hydrolysis) is 1. The van der Waals surface area contributed by atoms with Gasteiger partial charge in [-0.15, -0.1) is 0 Å². The fourth-order valence-corrected chi connectivity index (χ4v) is 4.32. The first-order chi connectivity index (χ1) is 16.7. The summed E-state index contributed by atoms with van der Waals surface area (Å²) in [5, 5.41) is 24.1. The average Bonchev–Trinajstić information content (AvgIpc) is 2.77. The van der Waals surface area contributed by atoms with E-state index in [1.807, 2.05) is 20.8 Å². The SMILES string of the molecule is CCCCCCCCC(O)CN(CCCCNC(=O)OC(C)(C)C)CC(O)CCCCCCCC. The first-order valence-corrected chi connectivity index (χ1v) is 14.7. The van der Waals surface area contributed by atoms with Crippen LogP contribution < -0.4 is 5.32 Å². The molecule has 0 spiro atoms. The summed E-state index contributed by atoms with van der Waals surface area (Å²) in [6.07, 6.45) is 17.1. The van der Waals surface area contributed by atoms with E-state index >= 15 is 0 Å². The van der Waals surface area contributed by atoms with Crippen LogP contribution in [-0.4, -0.2) is 65.2 Å². The van der Waals surface area contributed by atoms with E-state index in [9.17, 15) is 15.0 Å². The minimum atomic E-state index is -0.487. The van der Waals surface area contributed by atoms with Gasteiger partial charge in [0.05, 0.1) is 12.2 Å². The van der Waals surface area contributed by atoms with Crippen molar-refractivity contribution in [1.82, 2.24) is 10.2 Å². The lowest BCUT2D eigenvalue weighted by molar-refractivity contribution is 0.0523. The number of hydrogen-bond acceptors (Lipinski definition) is 5. The summed E-state index contributed by atoms with van der Waals surface area (Å²) in [6, 6.07) is 0. The summed E-state index contributed by atoms with van der Waals surface area (Å²) < 4.78 is 5.28. The van der Waals surface area contributed by atoms with Crippen molar-refractivity contribution < 1.29 is 19.7 Å². The summed E-state index contributed by atoms with van der Waals surface area (Å²) in [7, 11) is 0. The zero-order valence-corrected chi connectivity index (χ0v) is 24.0. The number of nitrogens with one attached hydrogen (secondary N) is 1. The van der Waals surface area contributed by atoms with Crippen LogP contribution in [0.3, 0.4) is 0 Å². The van der Waals surface area contributed by atoms with Crippen LogP contribution in [0.2, 0.25) is 0 Å². The summed E-state index contributed by atoms with van der Waals surface area (Å²) in [4.78, 5) is 14.0. The van der Waals surface area contributed by atoms with Gasteiger partial charge in [0.15, 0.2) is 0 Å². The molecule has 2 unspecified atom stereocenters. The second-order valence-corrected chi connectivity index (χ2v) is 11.3. The van der Waals surface area contributed by atoms with Crippen LogP contribution in [0.4, 0.5) is 4.79 Å². The van der Waals surface area contributed by atoms with Gasteiger partial charge in [-0.1, -0.05) is 90.9 Å². The monoisotopic (exact) mass is 500 g/mol. The van der Waals surface area contributed by atoms with Crippen LogP contribution in [0.25, 0.3) is 0 Å². The quantitative estimate of drug-likeness (QED) is 0.134. The highest BCUT2D eigenvalue weighted by Gasteiger charge is 2.17. The van der Waals surface area contributed by atoms with E-state index in [-0.39, 0.29) is 18.3 Å². The van der Waals surface area contributed by atoms with Gasteiger partial charge in [-0.25, -0.2) is 4.79 Å². The molecule has 0 fully saturated rings. The van der Waals surface area contributed by atoms with Crippen molar-refractivity contribution in [1.29, 1.82) is 0 Å². The molecule has 2 atom stereocenters. The molecule has 0 aromatic rings. The van der Waals surface area contributed by atoms with E-state index in [0.29, 0.717) is 19.6 Å². The van der Waals surface area contributed by atoms with Crippen LogP contribution in [0.5, 0.6) is 0 Å². The molecule has 0 aliphatic rings. The number of unbranched alkanes of at least 4 members (excludes halogenated alkanes) is 11. The Bertz CT molecular complexity index is 458. The number of ether oxygens (including phenoxy) is 1. The highest BCUT2D eigenvalue weighted by molar-refractivity contribution is 5.67. The molecule has 0 saturated carbocycles. The Morgan fingerprint density at radius 2 is 1.20 bits per heavy atom. The predicted octanol–water partition coefficient (Wildman–Crippen LogP) is 6.82. The van der Waals surface area contributed by atoms with Crippen molar-refractivity contribution in [3.63, 3.8) is 0 Å². The minimum absolute atomic E-state index is 0.345. The summed E-state index contributed by atoms with van der Waals surface area (Å²) >= 11 is 0. The van der Waals surface area contributed by atoms with Gasteiger partial charge in [0, 0.05) is 19.6 Å². The zero-order chi connectivity index (χ0) is 26.4. The Hall–Kier alpha value is -0.850. The number of aliphatic hydroxyl groups excluding tert-OH is 2. The maximum atomic E-state index is 11.8. The van der Waals surface area contributed by atoms with Crippen molar-refractivity contribution >= 4 is 6.09 Å². The van der Waals surface area contributed by atoms with Gasteiger partial charge < -0.3 is 20.3 Å². The molecule has 0 bridgehead atoms. The maximum absolute atomic E-state index is 11.8. The molecule has 0 aliphatic carbocycles. The first kappa shape index (κ1) is 34.1. The summed E-state index contributed by atoms with van der Waals surface area (Å²) in [6.45, 7) is 12.6. The normalized spacial score (nSPS) is 13.7. The van der Waals surface area contributed by atoms with E-state index in [0.717, 1.165) is 45.1 Å². The molecule has 0 aliphatic heterocycles. The highest BCUT2D eigenvalue weighted by atomic mass is 16.6. The molecule has 0 radical (unpaired) electrons. The fourth-order valence-electron chi connectivity index (χ4n) is 4.32. The lowest BCUT2D eigenvalue weighted by atomic mass is 10.1. The van der Waals surface area contributed by atoms with Crippen molar-refractivity contribution in [3.05, 3.63) is 0 Å². The van der Waals surface area contributed by atoms with E-state index in [1.165, 1.54) is 64.2 Å². The van der Waals surface area contributed by atoms with Gasteiger partial charge in [-0.05, 0) is 53.0 Å². The molecule has 6 nitrogen and oxygen atoms in total. The summed E-state index contributed by atoms with van der Waals surface area (Å²) in [5.74, 6) is 0. The number of nitrogens with zero attached hydrogens (tertiary/aromatic N) is 1. The van der Waals surface area contributed by atoms with E-state index in [1.54, 1.807) is 0 Å². The molecule has 1 amide bonds. The van der Waals surface area contributed by atoms with Gasteiger partial charge >= 0.3 is 6.09 Å². The van der Waals surface area contributed by atoms with Gasteiger partial charge in [0.25, 0.3) is 0 Å². The number of carbonyl (C=O) groups is 1. The van der Waals surface area contributed by atoms with Crippen molar-refractivity contribution in [2.24, 2.45) is 0 Å². The van der Waals surface area contributed by atoms with E-state index < -0.39 is 5.60 Å². The molecule has 210 valence electrons. The topological polar surface area (TPSA) is 82.0 Å². The Morgan fingerprint density at radius 3 is 1.66 bits per heavy atom. The van der Waals surface area contributed by atoms with Crippen LogP contribution in [0, 0.1) is 0 Å². The molecule has 0 aromatic heterocycles. The van der Waals surface area contributed by atoms with Crippen molar-refractivity contribution in [3.8, 4) is 0 Å². The molecular weight excluding hydrogens is 440 g/mol. The number of rotatable bonds is 23. The van der Waals surface area contributed by atoms with Gasteiger partial charge in [0.2, 0.25) is 0 Å². The highest BCUT2D eigenvalue weighted by Crippen LogP contribution is 2.13. The summed E-state index contributed by atoms with van der Waals surface area (Å²) in [5.41, 5.74) is -0.487. The second kappa shape index (κ2) is 22.4. The zero-order valence-electron chi connectivity index (χ0n) is 24.0. The minimum Gasteiger partial charge on any atom is -0.444 e. The standard InChI is InChI=1S/C29H60N2O4/c1-6-8-10-12-14-16-20-26(32)24-31(25-27(33)21-17-15-13-11-9-7-2)23-19-18-22-30-28(34)35-29(3,4)5/h26-27,32-33H,6-25H2,1-5H3,(H,30,34). The van der Waals surface area contributed by atoms with Crippen LogP contribution in [0.15, 0.2) is 0 Å². The largest absolute Gasteiger partial charge is 0.444 e.